The zero-order valence-corrected chi connectivity index (χ0v) is 14.7. The molecule has 1 N–H and O–H groups in total. The molecule has 0 aliphatic carbocycles. The summed E-state index contributed by atoms with van der Waals surface area (Å²) in [5.41, 5.74) is 3.61. The Balaban J connectivity index is 1.42. The van der Waals surface area contributed by atoms with Crippen molar-refractivity contribution in [3.63, 3.8) is 0 Å². The minimum atomic E-state index is -0.0134. The van der Waals surface area contributed by atoms with Crippen LogP contribution in [0.2, 0.25) is 0 Å². The van der Waals surface area contributed by atoms with E-state index in [2.05, 4.69) is 39.4 Å². The summed E-state index contributed by atoms with van der Waals surface area (Å²) in [6.45, 7) is 3.48. The first-order chi connectivity index (χ1) is 12.7. The van der Waals surface area contributed by atoms with Gasteiger partial charge in [0.1, 0.15) is 5.69 Å². The SMILES string of the molecule is CCc1ccc(-c2cc(C(=O)N3CCC(c4ncon4)CC3)[nH]n2)cc1. The van der Waals surface area contributed by atoms with Crippen LogP contribution in [-0.2, 0) is 6.42 Å². The van der Waals surface area contributed by atoms with Crippen molar-refractivity contribution in [3.05, 3.63) is 53.8 Å². The smallest absolute Gasteiger partial charge is 0.271 e. The zero-order chi connectivity index (χ0) is 17.9. The van der Waals surface area contributed by atoms with Gasteiger partial charge in [-0.3, -0.25) is 9.89 Å². The van der Waals surface area contributed by atoms with Gasteiger partial charge >= 0.3 is 0 Å². The minimum absolute atomic E-state index is 0.0134. The maximum Gasteiger partial charge on any atom is 0.271 e. The molecule has 0 spiro atoms. The Labute approximate surface area is 151 Å². The fourth-order valence-corrected chi connectivity index (χ4v) is 3.36. The van der Waals surface area contributed by atoms with Gasteiger partial charge in [-0.1, -0.05) is 36.3 Å². The largest absolute Gasteiger partial charge is 0.343 e. The molecule has 2 aromatic heterocycles. The molecule has 3 heterocycles. The van der Waals surface area contributed by atoms with Gasteiger partial charge < -0.3 is 9.42 Å². The highest BCUT2D eigenvalue weighted by atomic mass is 16.5. The molecule has 4 rings (SSSR count). The van der Waals surface area contributed by atoms with E-state index in [-0.39, 0.29) is 11.8 Å². The average Bonchev–Trinajstić information content (AvgIpc) is 3.40. The summed E-state index contributed by atoms with van der Waals surface area (Å²) < 4.78 is 4.82. The number of H-pyrrole nitrogens is 1. The predicted molar refractivity (Wildman–Crippen MR) is 95.6 cm³/mol. The van der Waals surface area contributed by atoms with E-state index < -0.39 is 0 Å². The summed E-state index contributed by atoms with van der Waals surface area (Å²) in [5.74, 6) is 0.976. The molecular formula is C19H21N5O2. The number of likely N-dealkylation sites (tertiary alicyclic amines) is 1. The van der Waals surface area contributed by atoms with Gasteiger partial charge in [-0.15, -0.1) is 0 Å². The van der Waals surface area contributed by atoms with Crippen LogP contribution in [0.3, 0.4) is 0 Å². The van der Waals surface area contributed by atoms with E-state index in [1.807, 2.05) is 23.1 Å². The van der Waals surface area contributed by atoms with Gasteiger partial charge in [0.05, 0.1) is 5.69 Å². The molecule has 1 fully saturated rings. The van der Waals surface area contributed by atoms with E-state index >= 15 is 0 Å². The zero-order valence-electron chi connectivity index (χ0n) is 14.7. The molecule has 1 aliphatic heterocycles. The fraction of sp³-hybridized carbons (Fsp3) is 0.368. The van der Waals surface area contributed by atoms with Crippen LogP contribution in [0.15, 0.2) is 41.2 Å². The molecule has 134 valence electrons. The lowest BCUT2D eigenvalue weighted by Crippen LogP contribution is -2.38. The Kier molecular flexibility index (Phi) is 4.51. The van der Waals surface area contributed by atoms with Crippen molar-refractivity contribution < 1.29 is 9.32 Å². The average molecular weight is 351 g/mol. The molecule has 0 atom stereocenters. The quantitative estimate of drug-likeness (QED) is 0.780. The summed E-state index contributed by atoms with van der Waals surface area (Å²) in [6, 6.07) is 10.1. The monoisotopic (exact) mass is 351 g/mol. The first-order valence-electron chi connectivity index (χ1n) is 8.95. The van der Waals surface area contributed by atoms with Crippen molar-refractivity contribution in [2.24, 2.45) is 0 Å². The second kappa shape index (κ2) is 7.11. The number of aromatic amines is 1. The first kappa shape index (κ1) is 16.5. The number of benzene rings is 1. The summed E-state index contributed by atoms with van der Waals surface area (Å²) in [7, 11) is 0. The van der Waals surface area contributed by atoms with Crippen LogP contribution in [0.4, 0.5) is 0 Å². The van der Waals surface area contributed by atoms with Gasteiger partial charge in [0.25, 0.3) is 5.91 Å². The molecule has 0 unspecified atom stereocenters. The number of hydrogen-bond acceptors (Lipinski definition) is 5. The molecule has 0 saturated carbocycles. The fourth-order valence-electron chi connectivity index (χ4n) is 3.36. The molecule has 1 saturated heterocycles. The topological polar surface area (TPSA) is 87.9 Å². The normalized spacial score (nSPS) is 15.3. The molecule has 7 heteroatoms. The molecule has 0 radical (unpaired) electrons. The molecule has 3 aromatic rings. The van der Waals surface area contributed by atoms with E-state index in [1.165, 1.54) is 12.0 Å². The van der Waals surface area contributed by atoms with Gasteiger partial charge in [0, 0.05) is 24.6 Å². The van der Waals surface area contributed by atoms with E-state index in [0.717, 1.165) is 36.3 Å². The molecule has 26 heavy (non-hydrogen) atoms. The number of aryl methyl sites for hydroxylation is 1. The van der Waals surface area contributed by atoms with E-state index in [4.69, 9.17) is 4.52 Å². The first-order valence-corrected chi connectivity index (χ1v) is 8.95. The van der Waals surface area contributed by atoms with Crippen molar-refractivity contribution in [1.82, 2.24) is 25.2 Å². The maximum atomic E-state index is 12.7. The molecule has 1 aromatic carbocycles. The number of piperidine rings is 1. The van der Waals surface area contributed by atoms with Crippen LogP contribution in [0.25, 0.3) is 11.3 Å². The molecular weight excluding hydrogens is 330 g/mol. The van der Waals surface area contributed by atoms with Crippen LogP contribution in [0, 0.1) is 0 Å². The lowest BCUT2D eigenvalue weighted by atomic mass is 9.96. The van der Waals surface area contributed by atoms with Gasteiger partial charge in [0.15, 0.2) is 5.82 Å². The number of carbonyl (C=O) groups excluding carboxylic acids is 1. The number of amides is 1. The third-order valence-corrected chi connectivity index (χ3v) is 4.99. The Morgan fingerprint density at radius 3 is 2.69 bits per heavy atom. The summed E-state index contributed by atoms with van der Waals surface area (Å²) >= 11 is 0. The van der Waals surface area contributed by atoms with Crippen molar-refractivity contribution in [2.75, 3.05) is 13.1 Å². The lowest BCUT2D eigenvalue weighted by Gasteiger charge is -2.30. The van der Waals surface area contributed by atoms with Crippen molar-refractivity contribution in [2.45, 2.75) is 32.1 Å². The van der Waals surface area contributed by atoms with Gasteiger partial charge in [0.2, 0.25) is 6.39 Å². The Morgan fingerprint density at radius 1 is 1.27 bits per heavy atom. The summed E-state index contributed by atoms with van der Waals surface area (Å²) in [4.78, 5) is 18.7. The third-order valence-electron chi connectivity index (χ3n) is 4.99. The van der Waals surface area contributed by atoms with E-state index in [1.54, 1.807) is 0 Å². The number of aromatic nitrogens is 4. The third kappa shape index (κ3) is 3.24. The second-order valence-electron chi connectivity index (χ2n) is 6.57. The van der Waals surface area contributed by atoms with Gasteiger partial charge in [-0.2, -0.15) is 10.1 Å². The molecule has 0 bridgehead atoms. The molecule has 7 nitrogen and oxygen atoms in total. The second-order valence-corrected chi connectivity index (χ2v) is 6.57. The Morgan fingerprint density at radius 2 is 2.04 bits per heavy atom. The molecule has 1 aliphatic rings. The summed E-state index contributed by atoms with van der Waals surface area (Å²) in [5, 5.41) is 11.1. The van der Waals surface area contributed by atoms with Crippen molar-refractivity contribution in [3.8, 4) is 11.3 Å². The Bertz CT molecular complexity index is 862. The Hall–Kier alpha value is -2.96. The van der Waals surface area contributed by atoms with E-state index in [9.17, 15) is 4.79 Å². The maximum absolute atomic E-state index is 12.7. The number of nitrogens with one attached hydrogen (secondary N) is 1. The van der Waals surface area contributed by atoms with Crippen LogP contribution < -0.4 is 0 Å². The van der Waals surface area contributed by atoms with Crippen LogP contribution in [-0.4, -0.2) is 44.2 Å². The van der Waals surface area contributed by atoms with Crippen molar-refractivity contribution >= 4 is 5.91 Å². The molecule has 1 amide bonds. The standard InChI is InChI=1S/C19H21N5O2/c1-2-13-3-5-14(6-4-13)16-11-17(22-21-16)19(25)24-9-7-15(8-10-24)18-20-12-26-23-18/h3-6,11-12,15H,2,7-10H2,1H3,(H,21,22). The number of hydrogen-bond donors (Lipinski definition) is 1. The van der Waals surface area contributed by atoms with Crippen LogP contribution >= 0.6 is 0 Å². The van der Waals surface area contributed by atoms with Crippen molar-refractivity contribution in [1.29, 1.82) is 0 Å². The highest BCUT2D eigenvalue weighted by molar-refractivity contribution is 5.93. The number of rotatable bonds is 4. The van der Waals surface area contributed by atoms with E-state index in [0.29, 0.717) is 18.8 Å². The van der Waals surface area contributed by atoms with Gasteiger partial charge in [-0.25, -0.2) is 0 Å². The van der Waals surface area contributed by atoms with Gasteiger partial charge in [-0.05, 0) is 30.9 Å². The minimum Gasteiger partial charge on any atom is -0.343 e. The van der Waals surface area contributed by atoms with Crippen LogP contribution in [0.1, 0.15) is 47.6 Å². The summed E-state index contributed by atoms with van der Waals surface area (Å²) in [6.07, 6.45) is 4.03. The highest BCUT2D eigenvalue weighted by Crippen LogP contribution is 2.26. The number of nitrogens with zero attached hydrogens (tertiary/aromatic N) is 4. The lowest BCUT2D eigenvalue weighted by molar-refractivity contribution is 0.0704. The highest BCUT2D eigenvalue weighted by Gasteiger charge is 2.27. The number of carbonyl (C=O) groups is 1. The van der Waals surface area contributed by atoms with Crippen LogP contribution in [0.5, 0.6) is 0 Å². The predicted octanol–water partition coefficient (Wildman–Crippen LogP) is 3.04.